The van der Waals surface area contributed by atoms with Crippen molar-refractivity contribution in [1.29, 1.82) is 0 Å². The highest BCUT2D eigenvalue weighted by Gasteiger charge is 2.19. The summed E-state index contributed by atoms with van der Waals surface area (Å²) in [5, 5.41) is 0. The van der Waals surface area contributed by atoms with Crippen LogP contribution in [0.5, 0.6) is 5.75 Å². The van der Waals surface area contributed by atoms with E-state index in [1.165, 1.54) is 6.07 Å². The van der Waals surface area contributed by atoms with Gasteiger partial charge in [0, 0.05) is 6.07 Å². The van der Waals surface area contributed by atoms with E-state index in [1.54, 1.807) is 44.4 Å². The van der Waals surface area contributed by atoms with Gasteiger partial charge < -0.3 is 4.74 Å². The summed E-state index contributed by atoms with van der Waals surface area (Å²) in [6.07, 6.45) is 3.27. The molecule has 8 heteroatoms. The lowest BCUT2D eigenvalue weighted by Gasteiger charge is -2.12. The van der Waals surface area contributed by atoms with Crippen LogP contribution in [0, 0.1) is 12.7 Å². The molecule has 2 aromatic carbocycles. The van der Waals surface area contributed by atoms with Crippen LogP contribution in [-0.4, -0.2) is 20.3 Å². The van der Waals surface area contributed by atoms with Crippen molar-refractivity contribution < 1.29 is 21.8 Å². The Labute approximate surface area is 167 Å². The van der Waals surface area contributed by atoms with E-state index in [0.717, 1.165) is 29.8 Å². The van der Waals surface area contributed by atoms with Crippen LogP contribution in [-0.2, 0) is 10.1 Å². The lowest BCUT2D eigenvalue weighted by atomic mass is 10.1. The SMILES string of the molecule is COc1ccc(/C=C/c2cc(C)cc(=O)n2OS(=O)(=O)c2ccc(F)cc2)cc1. The first kappa shape index (κ1) is 20.3. The summed E-state index contributed by atoms with van der Waals surface area (Å²) in [6, 6.07) is 14.2. The lowest BCUT2D eigenvalue weighted by molar-refractivity contribution is 0.264. The molecule has 0 bridgehead atoms. The Morgan fingerprint density at radius 1 is 0.966 bits per heavy atom. The minimum absolute atomic E-state index is 0.233. The second-order valence-corrected chi connectivity index (χ2v) is 7.71. The Kier molecular flexibility index (Phi) is 5.84. The van der Waals surface area contributed by atoms with Crippen LogP contribution >= 0.6 is 0 Å². The van der Waals surface area contributed by atoms with E-state index in [4.69, 9.17) is 9.02 Å². The molecule has 3 aromatic rings. The molecular weight excluding hydrogens is 397 g/mol. The second kappa shape index (κ2) is 8.32. The van der Waals surface area contributed by atoms with Gasteiger partial charge in [-0.1, -0.05) is 18.2 Å². The molecule has 150 valence electrons. The van der Waals surface area contributed by atoms with E-state index in [0.29, 0.717) is 16.0 Å². The van der Waals surface area contributed by atoms with Crippen LogP contribution in [0.25, 0.3) is 12.2 Å². The van der Waals surface area contributed by atoms with Crippen molar-refractivity contribution in [2.75, 3.05) is 7.11 Å². The molecule has 6 nitrogen and oxygen atoms in total. The van der Waals surface area contributed by atoms with Crippen molar-refractivity contribution >= 4 is 22.3 Å². The Morgan fingerprint density at radius 3 is 2.24 bits per heavy atom. The zero-order valence-electron chi connectivity index (χ0n) is 15.7. The number of aryl methyl sites for hydroxylation is 1. The van der Waals surface area contributed by atoms with Crippen LogP contribution < -0.4 is 14.6 Å². The van der Waals surface area contributed by atoms with Gasteiger partial charge in [0.1, 0.15) is 16.5 Å². The van der Waals surface area contributed by atoms with Crippen LogP contribution in [0.1, 0.15) is 16.8 Å². The first-order valence-electron chi connectivity index (χ1n) is 8.55. The third kappa shape index (κ3) is 4.91. The van der Waals surface area contributed by atoms with E-state index in [9.17, 15) is 17.6 Å². The van der Waals surface area contributed by atoms with Gasteiger partial charge in [0.25, 0.3) is 5.56 Å². The fraction of sp³-hybridized carbons (Fsp3) is 0.0952. The monoisotopic (exact) mass is 415 g/mol. The second-order valence-electron chi connectivity index (χ2n) is 6.18. The lowest BCUT2D eigenvalue weighted by Crippen LogP contribution is -2.32. The molecule has 0 saturated heterocycles. The Bertz CT molecular complexity index is 1200. The third-order valence-electron chi connectivity index (χ3n) is 4.00. The Balaban J connectivity index is 1.97. The molecule has 0 spiro atoms. The number of nitrogens with zero attached hydrogens (tertiary/aromatic N) is 1. The molecule has 1 aromatic heterocycles. The molecule has 0 N–H and O–H groups in total. The summed E-state index contributed by atoms with van der Waals surface area (Å²) in [5.74, 6) is 0.114. The fourth-order valence-corrected chi connectivity index (χ4v) is 3.46. The number of benzene rings is 2. The molecule has 0 atom stereocenters. The predicted molar refractivity (Wildman–Crippen MR) is 108 cm³/mol. The van der Waals surface area contributed by atoms with Gasteiger partial charge in [-0.2, -0.15) is 8.42 Å². The van der Waals surface area contributed by atoms with Crippen LogP contribution in [0.3, 0.4) is 0 Å². The van der Waals surface area contributed by atoms with Crippen molar-refractivity contribution in [3.63, 3.8) is 0 Å². The highest BCUT2D eigenvalue weighted by atomic mass is 32.2. The van der Waals surface area contributed by atoms with E-state index in [2.05, 4.69) is 0 Å². The molecular formula is C21H18FNO5S. The summed E-state index contributed by atoms with van der Waals surface area (Å²) in [7, 11) is -2.77. The van der Waals surface area contributed by atoms with Crippen molar-refractivity contribution in [1.82, 2.24) is 4.73 Å². The van der Waals surface area contributed by atoms with E-state index in [1.807, 2.05) is 12.1 Å². The normalized spacial score (nSPS) is 11.6. The van der Waals surface area contributed by atoms with Crippen molar-refractivity contribution in [3.8, 4) is 5.75 Å². The van der Waals surface area contributed by atoms with Gasteiger partial charge in [0.2, 0.25) is 0 Å². The van der Waals surface area contributed by atoms with E-state index >= 15 is 0 Å². The molecule has 0 unspecified atom stereocenters. The van der Waals surface area contributed by atoms with Gasteiger partial charge in [-0.3, -0.25) is 9.08 Å². The summed E-state index contributed by atoms with van der Waals surface area (Å²) in [6.45, 7) is 1.71. The number of aromatic nitrogens is 1. The van der Waals surface area contributed by atoms with Gasteiger partial charge in [-0.15, -0.1) is 4.73 Å². The maximum atomic E-state index is 13.1. The highest BCUT2D eigenvalue weighted by molar-refractivity contribution is 7.87. The molecule has 1 heterocycles. The number of methoxy groups -OCH3 is 1. The largest absolute Gasteiger partial charge is 0.497 e. The first-order chi connectivity index (χ1) is 13.8. The molecule has 0 saturated carbocycles. The van der Waals surface area contributed by atoms with Gasteiger partial charge in [0.15, 0.2) is 0 Å². The maximum absolute atomic E-state index is 13.1. The number of rotatable bonds is 6. The molecule has 0 aliphatic rings. The van der Waals surface area contributed by atoms with Crippen LogP contribution in [0.2, 0.25) is 0 Å². The zero-order valence-corrected chi connectivity index (χ0v) is 16.5. The number of halogens is 1. The molecule has 0 radical (unpaired) electrons. The molecule has 0 aliphatic carbocycles. The number of hydrogen-bond acceptors (Lipinski definition) is 5. The van der Waals surface area contributed by atoms with Crippen molar-refractivity contribution in [3.05, 3.63) is 93.7 Å². The molecule has 0 aliphatic heterocycles. The molecule has 0 amide bonds. The van der Waals surface area contributed by atoms with Crippen LogP contribution in [0.15, 0.2) is 70.4 Å². The molecule has 0 fully saturated rings. The smallest absolute Gasteiger partial charge is 0.357 e. The molecule has 3 rings (SSSR count). The van der Waals surface area contributed by atoms with Gasteiger partial charge in [0.05, 0.1) is 12.8 Å². The molecule has 29 heavy (non-hydrogen) atoms. The minimum atomic E-state index is -4.33. The number of hydrogen-bond donors (Lipinski definition) is 0. The zero-order chi connectivity index (χ0) is 21.0. The summed E-state index contributed by atoms with van der Waals surface area (Å²) < 4.78 is 48.9. The van der Waals surface area contributed by atoms with Crippen LogP contribution in [0.4, 0.5) is 4.39 Å². The minimum Gasteiger partial charge on any atom is -0.497 e. The Morgan fingerprint density at radius 2 is 1.62 bits per heavy atom. The van der Waals surface area contributed by atoms with Gasteiger partial charge in [-0.05, 0) is 66.6 Å². The summed E-state index contributed by atoms with van der Waals surface area (Å²) >= 11 is 0. The average Bonchev–Trinajstić information content (AvgIpc) is 2.69. The standard InChI is InChI=1S/C21H18FNO5S/c1-15-13-18(8-3-16-4-9-19(27-2)10-5-16)23(21(24)14-15)28-29(25,26)20-11-6-17(22)7-12-20/h3-14H,1-2H3/b8-3+. The summed E-state index contributed by atoms with van der Waals surface area (Å²) in [4.78, 5) is 12.1. The van der Waals surface area contributed by atoms with E-state index < -0.39 is 21.5 Å². The third-order valence-corrected chi connectivity index (χ3v) is 5.19. The summed E-state index contributed by atoms with van der Waals surface area (Å²) in [5.41, 5.74) is 1.04. The van der Waals surface area contributed by atoms with Crippen molar-refractivity contribution in [2.24, 2.45) is 0 Å². The maximum Gasteiger partial charge on any atom is 0.357 e. The van der Waals surface area contributed by atoms with Crippen molar-refractivity contribution in [2.45, 2.75) is 11.8 Å². The van der Waals surface area contributed by atoms with Gasteiger partial charge in [-0.25, -0.2) is 4.39 Å². The quantitative estimate of drug-likeness (QED) is 0.618. The Hall–Kier alpha value is -3.39. The van der Waals surface area contributed by atoms with E-state index in [-0.39, 0.29) is 10.6 Å². The highest BCUT2D eigenvalue weighted by Crippen LogP contribution is 2.15. The number of pyridine rings is 1. The van der Waals surface area contributed by atoms with Gasteiger partial charge >= 0.3 is 10.1 Å². The fourth-order valence-electron chi connectivity index (χ4n) is 2.55. The first-order valence-corrected chi connectivity index (χ1v) is 9.96. The number of ether oxygens (including phenoxy) is 1. The predicted octanol–water partition coefficient (Wildman–Crippen LogP) is 3.29. The average molecular weight is 415 g/mol. The topological polar surface area (TPSA) is 74.6 Å².